The Morgan fingerprint density at radius 2 is 2.36 bits per heavy atom. The predicted octanol–water partition coefficient (Wildman–Crippen LogP) is 2.63. The average Bonchev–Trinajstić information content (AvgIpc) is 2.01. The van der Waals surface area contributed by atoms with Gasteiger partial charge in [-0.05, 0) is 31.8 Å². The molecule has 0 aromatic rings. The minimum Gasteiger partial charge on any atom is -0.295 e. The molecule has 1 aliphatic rings. The minimum absolute atomic E-state index is 0.301. The van der Waals surface area contributed by atoms with Gasteiger partial charge in [0.25, 0.3) is 0 Å². The molecule has 1 rings (SSSR count). The highest BCUT2D eigenvalue weighted by molar-refractivity contribution is 5.91. The largest absolute Gasteiger partial charge is 0.295 e. The van der Waals surface area contributed by atoms with Crippen molar-refractivity contribution in [3.8, 4) is 0 Å². The first-order chi connectivity index (χ1) is 5.33. The average molecular weight is 150 g/mol. The molecule has 0 aliphatic heterocycles. The first kappa shape index (κ1) is 8.25. The molecule has 0 spiro atoms. The lowest BCUT2D eigenvalue weighted by Crippen LogP contribution is -2.02. The van der Waals surface area contributed by atoms with Crippen LogP contribution in [0.3, 0.4) is 0 Å². The molecule has 0 aromatic heterocycles. The highest BCUT2D eigenvalue weighted by Gasteiger charge is 2.08. The lowest BCUT2D eigenvalue weighted by atomic mass is 9.95. The molecule has 11 heavy (non-hydrogen) atoms. The number of allylic oxidation sites excluding steroid dienone is 3. The Morgan fingerprint density at radius 1 is 1.55 bits per heavy atom. The molecule has 0 atom stereocenters. The third kappa shape index (κ3) is 2.71. The summed E-state index contributed by atoms with van der Waals surface area (Å²) in [6.07, 6.45) is 8.64. The van der Waals surface area contributed by atoms with E-state index >= 15 is 0 Å². The summed E-state index contributed by atoms with van der Waals surface area (Å²) < 4.78 is 0. The van der Waals surface area contributed by atoms with Crippen LogP contribution in [0.1, 0.15) is 32.1 Å². The standard InChI is InChI=1S/C10H14O/c1-2-3-5-9-6-4-7-10(11)8-9/h2,8H,1,3-7H2. The van der Waals surface area contributed by atoms with E-state index in [0.29, 0.717) is 5.78 Å². The van der Waals surface area contributed by atoms with Gasteiger partial charge in [-0.2, -0.15) is 0 Å². The summed E-state index contributed by atoms with van der Waals surface area (Å²) in [5, 5.41) is 0. The lowest BCUT2D eigenvalue weighted by molar-refractivity contribution is -0.115. The second kappa shape index (κ2) is 4.12. The summed E-state index contributed by atoms with van der Waals surface area (Å²) in [5.74, 6) is 0.301. The van der Waals surface area contributed by atoms with E-state index in [2.05, 4.69) is 6.58 Å². The molecule has 1 aliphatic carbocycles. The quantitative estimate of drug-likeness (QED) is 0.565. The molecule has 60 valence electrons. The molecular formula is C10H14O. The molecule has 0 aromatic carbocycles. The second-order valence-electron chi connectivity index (χ2n) is 2.95. The zero-order valence-electron chi connectivity index (χ0n) is 6.81. The predicted molar refractivity (Wildman–Crippen MR) is 46.4 cm³/mol. The van der Waals surface area contributed by atoms with Crippen LogP contribution in [0.15, 0.2) is 24.3 Å². The Kier molecular flexibility index (Phi) is 3.09. The van der Waals surface area contributed by atoms with Crippen molar-refractivity contribution in [2.75, 3.05) is 0 Å². The monoisotopic (exact) mass is 150 g/mol. The van der Waals surface area contributed by atoms with Crippen LogP contribution in [0.2, 0.25) is 0 Å². The molecule has 0 amide bonds. The van der Waals surface area contributed by atoms with E-state index in [1.807, 2.05) is 12.2 Å². The molecular weight excluding hydrogens is 136 g/mol. The van der Waals surface area contributed by atoms with E-state index in [-0.39, 0.29) is 0 Å². The zero-order valence-corrected chi connectivity index (χ0v) is 6.81. The summed E-state index contributed by atoms with van der Waals surface area (Å²) >= 11 is 0. The van der Waals surface area contributed by atoms with Gasteiger partial charge in [0, 0.05) is 6.42 Å². The van der Waals surface area contributed by atoms with Gasteiger partial charge in [-0.1, -0.05) is 11.6 Å². The Morgan fingerprint density at radius 3 is 3.00 bits per heavy atom. The Bertz CT molecular complexity index is 189. The SMILES string of the molecule is C=CCCC1=CC(=O)CCC1. The van der Waals surface area contributed by atoms with E-state index in [0.717, 1.165) is 32.1 Å². The normalized spacial score (nSPS) is 17.8. The van der Waals surface area contributed by atoms with Crippen molar-refractivity contribution < 1.29 is 4.79 Å². The number of hydrogen-bond donors (Lipinski definition) is 0. The molecule has 0 heterocycles. The summed E-state index contributed by atoms with van der Waals surface area (Å²) in [5.41, 5.74) is 1.31. The highest BCUT2D eigenvalue weighted by atomic mass is 16.1. The van der Waals surface area contributed by atoms with Crippen LogP contribution in [0.4, 0.5) is 0 Å². The molecule has 0 fully saturated rings. The highest BCUT2D eigenvalue weighted by Crippen LogP contribution is 2.19. The number of rotatable bonds is 3. The van der Waals surface area contributed by atoms with Crippen molar-refractivity contribution >= 4 is 5.78 Å². The maximum atomic E-state index is 10.9. The van der Waals surface area contributed by atoms with Crippen LogP contribution in [0.25, 0.3) is 0 Å². The summed E-state index contributed by atoms with van der Waals surface area (Å²) in [6, 6.07) is 0. The van der Waals surface area contributed by atoms with Crippen LogP contribution in [0, 0.1) is 0 Å². The zero-order chi connectivity index (χ0) is 8.10. The molecule has 0 saturated heterocycles. The van der Waals surface area contributed by atoms with Crippen LogP contribution in [-0.2, 0) is 4.79 Å². The Balaban J connectivity index is 2.42. The van der Waals surface area contributed by atoms with E-state index in [4.69, 9.17) is 0 Å². The van der Waals surface area contributed by atoms with Gasteiger partial charge < -0.3 is 0 Å². The summed E-state index contributed by atoms with van der Waals surface area (Å²) in [6.45, 7) is 3.65. The van der Waals surface area contributed by atoms with Crippen LogP contribution in [-0.4, -0.2) is 5.78 Å². The smallest absolute Gasteiger partial charge is 0.155 e. The van der Waals surface area contributed by atoms with Crippen LogP contribution >= 0.6 is 0 Å². The summed E-state index contributed by atoms with van der Waals surface area (Å²) in [7, 11) is 0. The van der Waals surface area contributed by atoms with E-state index in [1.54, 1.807) is 0 Å². The fourth-order valence-electron chi connectivity index (χ4n) is 1.35. The third-order valence-electron chi connectivity index (χ3n) is 1.96. The fourth-order valence-corrected chi connectivity index (χ4v) is 1.35. The van der Waals surface area contributed by atoms with Gasteiger partial charge in [0.1, 0.15) is 0 Å². The van der Waals surface area contributed by atoms with E-state index in [1.165, 1.54) is 5.57 Å². The third-order valence-corrected chi connectivity index (χ3v) is 1.96. The number of carbonyl (C=O) groups is 1. The second-order valence-corrected chi connectivity index (χ2v) is 2.95. The van der Waals surface area contributed by atoms with Crippen molar-refractivity contribution in [3.63, 3.8) is 0 Å². The number of hydrogen-bond acceptors (Lipinski definition) is 1. The topological polar surface area (TPSA) is 17.1 Å². The van der Waals surface area contributed by atoms with Crippen LogP contribution < -0.4 is 0 Å². The van der Waals surface area contributed by atoms with Crippen molar-refractivity contribution in [2.24, 2.45) is 0 Å². The van der Waals surface area contributed by atoms with Gasteiger partial charge in [0.05, 0.1) is 0 Å². The van der Waals surface area contributed by atoms with Gasteiger partial charge in [-0.3, -0.25) is 4.79 Å². The molecule has 0 unspecified atom stereocenters. The molecule has 1 heteroatoms. The van der Waals surface area contributed by atoms with Crippen molar-refractivity contribution in [1.29, 1.82) is 0 Å². The van der Waals surface area contributed by atoms with Crippen LogP contribution in [0.5, 0.6) is 0 Å². The first-order valence-electron chi connectivity index (χ1n) is 4.16. The minimum atomic E-state index is 0.301. The van der Waals surface area contributed by atoms with Gasteiger partial charge in [0.15, 0.2) is 5.78 Å². The van der Waals surface area contributed by atoms with Crippen molar-refractivity contribution in [1.82, 2.24) is 0 Å². The Labute approximate surface area is 67.8 Å². The van der Waals surface area contributed by atoms with E-state index in [9.17, 15) is 4.79 Å². The molecule has 0 bridgehead atoms. The molecule has 1 nitrogen and oxygen atoms in total. The number of ketones is 1. The maximum Gasteiger partial charge on any atom is 0.155 e. The maximum absolute atomic E-state index is 10.9. The number of carbonyl (C=O) groups excluding carboxylic acids is 1. The first-order valence-corrected chi connectivity index (χ1v) is 4.16. The van der Waals surface area contributed by atoms with Gasteiger partial charge in [-0.15, -0.1) is 6.58 Å². The van der Waals surface area contributed by atoms with Gasteiger partial charge in [0.2, 0.25) is 0 Å². The fraction of sp³-hybridized carbons (Fsp3) is 0.500. The lowest BCUT2D eigenvalue weighted by Gasteiger charge is -2.09. The van der Waals surface area contributed by atoms with Gasteiger partial charge in [-0.25, -0.2) is 0 Å². The van der Waals surface area contributed by atoms with Crippen molar-refractivity contribution in [2.45, 2.75) is 32.1 Å². The molecule has 0 radical (unpaired) electrons. The Hall–Kier alpha value is -0.850. The molecule has 0 N–H and O–H groups in total. The summed E-state index contributed by atoms with van der Waals surface area (Å²) in [4.78, 5) is 10.9. The van der Waals surface area contributed by atoms with Gasteiger partial charge >= 0.3 is 0 Å². The molecule has 0 saturated carbocycles. The van der Waals surface area contributed by atoms with Crippen molar-refractivity contribution in [3.05, 3.63) is 24.3 Å². The van der Waals surface area contributed by atoms with E-state index < -0.39 is 0 Å².